The summed E-state index contributed by atoms with van der Waals surface area (Å²) in [5.74, 6) is -0.728. The van der Waals surface area contributed by atoms with Crippen molar-refractivity contribution >= 4 is 36.0 Å². The van der Waals surface area contributed by atoms with E-state index in [4.69, 9.17) is 4.74 Å². The molecule has 4 aromatic heterocycles. The van der Waals surface area contributed by atoms with Gasteiger partial charge in [-0.05, 0) is 18.6 Å². The molecule has 32 heavy (non-hydrogen) atoms. The first kappa shape index (κ1) is 19.9. The standard InChI is InChI=1S/C22H19BN6O3/c1-32-16-9-26-21(23)19-17(16)13(8-25-19)20(30)22(31)29-7-5-12-15(10-29)27-11-28-18(12)14-4-2-3-6-24-14/h2-4,6,8-9,11,25H,5,7,10,23H2,1H3. The van der Waals surface area contributed by atoms with E-state index in [0.717, 1.165) is 28.2 Å². The molecule has 1 amide bonds. The molecule has 0 saturated carbocycles. The molecule has 10 heteroatoms. The van der Waals surface area contributed by atoms with Gasteiger partial charge in [0.2, 0.25) is 0 Å². The first-order valence-corrected chi connectivity index (χ1v) is 10.2. The lowest BCUT2D eigenvalue weighted by molar-refractivity contribution is -0.127. The summed E-state index contributed by atoms with van der Waals surface area (Å²) >= 11 is 0. The topological polar surface area (TPSA) is 114 Å². The molecule has 5 heterocycles. The zero-order chi connectivity index (χ0) is 22.2. The largest absolute Gasteiger partial charge is 0.494 e. The lowest BCUT2D eigenvalue weighted by atomic mass is 9.98. The number of rotatable bonds is 4. The van der Waals surface area contributed by atoms with Crippen LogP contribution in [0.4, 0.5) is 0 Å². The molecule has 0 fully saturated rings. The van der Waals surface area contributed by atoms with Crippen LogP contribution in [-0.4, -0.2) is 63.0 Å². The molecule has 158 valence electrons. The van der Waals surface area contributed by atoms with E-state index in [1.807, 2.05) is 26.0 Å². The van der Waals surface area contributed by atoms with Gasteiger partial charge in [0.15, 0.2) is 7.85 Å². The second kappa shape index (κ2) is 7.88. The number of aromatic nitrogens is 5. The number of aromatic amines is 1. The Balaban J connectivity index is 1.45. The average Bonchev–Trinajstić information content (AvgIpc) is 3.29. The number of methoxy groups -OCH3 is 1. The molecule has 0 aromatic carbocycles. The Kier molecular flexibility index (Phi) is 4.89. The van der Waals surface area contributed by atoms with Crippen LogP contribution in [0.15, 0.2) is 43.1 Å². The van der Waals surface area contributed by atoms with Gasteiger partial charge >= 0.3 is 0 Å². The number of H-pyrrole nitrogens is 1. The first-order chi connectivity index (χ1) is 15.6. The molecule has 0 radical (unpaired) electrons. The molecule has 0 unspecified atom stereocenters. The number of hydrogen-bond acceptors (Lipinski definition) is 7. The molecule has 0 spiro atoms. The van der Waals surface area contributed by atoms with Gasteiger partial charge in [-0.2, -0.15) is 0 Å². The van der Waals surface area contributed by atoms with E-state index in [1.54, 1.807) is 18.6 Å². The van der Waals surface area contributed by atoms with E-state index in [0.29, 0.717) is 29.6 Å². The number of carbonyl (C=O) groups excluding carboxylic acids is 2. The fraction of sp³-hybridized carbons (Fsp3) is 0.182. The Morgan fingerprint density at radius 3 is 2.84 bits per heavy atom. The fourth-order valence-electron chi connectivity index (χ4n) is 4.09. The zero-order valence-corrected chi connectivity index (χ0v) is 17.6. The van der Waals surface area contributed by atoms with Crippen LogP contribution in [0.2, 0.25) is 0 Å². The van der Waals surface area contributed by atoms with Crippen molar-refractivity contribution in [3.05, 3.63) is 59.9 Å². The summed E-state index contributed by atoms with van der Waals surface area (Å²) in [4.78, 5) is 48.3. The normalized spacial score (nSPS) is 13.1. The van der Waals surface area contributed by atoms with E-state index in [2.05, 4.69) is 24.9 Å². The van der Waals surface area contributed by atoms with Crippen LogP contribution in [-0.2, 0) is 17.8 Å². The van der Waals surface area contributed by atoms with Crippen molar-refractivity contribution in [1.82, 2.24) is 29.8 Å². The maximum atomic E-state index is 13.2. The van der Waals surface area contributed by atoms with E-state index in [9.17, 15) is 9.59 Å². The fourth-order valence-corrected chi connectivity index (χ4v) is 4.09. The molecule has 9 nitrogen and oxygen atoms in total. The molecule has 1 aliphatic heterocycles. The number of ether oxygens (including phenoxy) is 1. The van der Waals surface area contributed by atoms with Gasteiger partial charge in [-0.15, -0.1) is 0 Å². The number of hydrogen-bond donors (Lipinski definition) is 1. The second-order valence-corrected chi connectivity index (χ2v) is 7.53. The summed E-state index contributed by atoms with van der Waals surface area (Å²) in [6.45, 7) is 0.632. The second-order valence-electron chi connectivity index (χ2n) is 7.53. The summed E-state index contributed by atoms with van der Waals surface area (Å²) in [5.41, 5.74) is 4.88. The van der Waals surface area contributed by atoms with Crippen LogP contribution in [0.5, 0.6) is 5.75 Å². The Bertz CT molecular complexity index is 1350. The van der Waals surface area contributed by atoms with Gasteiger partial charge in [0.05, 0.1) is 53.4 Å². The van der Waals surface area contributed by atoms with Gasteiger partial charge in [-0.1, -0.05) is 6.07 Å². The quantitative estimate of drug-likeness (QED) is 0.286. The Morgan fingerprint density at radius 1 is 1.19 bits per heavy atom. The van der Waals surface area contributed by atoms with E-state index >= 15 is 0 Å². The number of ketones is 1. The third-order valence-corrected chi connectivity index (χ3v) is 5.72. The number of fused-ring (bicyclic) bond motifs is 2. The lowest BCUT2D eigenvalue weighted by Gasteiger charge is -2.28. The molecule has 0 bridgehead atoms. The van der Waals surface area contributed by atoms with Crippen molar-refractivity contribution in [3.63, 3.8) is 0 Å². The molecular weight excluding hydrogens is 407 g/mol. The highest BCUT2D eigenvalue weighted by Crippen LogP contribution is 2.29. The van der Waals surface area contributed by atoms with Crippen LogP contribution >= 0.6 is 0 Å². The molecule has 0 aliphatic carbocycles. The summed E-state index contributed by atoms with van der Waals surface area (Å²) in [6.07, 6.45) is 6.83. The maximum Gasteiger partial charge on any atom is 0.295 e. The third-order valence-electron chi connectivity index (χ3n) is 5.72. The summed E-state index contributed by atoms with van der Waals surface area (Å²) in [5, 5.41) is 0.565. The van der Waals surface area contributed by atoms with Gasteiger partial charge in [-0.3, -0.25) is 19.6 Å². The van der Waals surface area contributed by atoms with Crippen molar-refractivity contribution in [2.75, 3.05) is 13.7 Å². The SMILES string of the molecule is Bc1ncc(OC)c2c(C(=O)C(=O)N3CCc4c(ncnc4-c4ccccn4)C3)c[nH]c12. The van der Waals surface area contributed by atoms with Crippen molar-refractivity contribution in [3.8, 4) is 17.1 Å². The Morgan fingerprint density at radius 2 is 2.06 bits per heavy atom. The van der Waals surface area contributed by atoms with Gasteiger partial charge in [0.25, 0.3) is 11.7 Å². The predicted octanol–water partition coefficient (Wildman–Crippen LogP) is 0.449. The number of pyridine rings is 2. The summed E-state index contributed by atoms with van der Waals surface area (Å²) < 4.78 is 5.38. The lowest BCUT2D eigenvalue weighted by Crippen LogP contribution is -2.40. The van der Waals surface area contributed by atoms with Crippen molar-refractivity contribution < 1.29 is 14.3 Å². The third kappa shape index (κ3) is 3.20. The number of Topliss-reactive ketones (excluding diaryl/α,β-unsaturated/α-hetero) is 1. The minimum atomic E-state index is -0.595. The average molecular weight is 426 g/mol. The van der Waals surface area contributed by atoms with Crippen LogP contribution in [0.25, 0.3) is 22.3 Å². The van der Waals surface area contributed by atoms with Crippen LogP contribution in [0, 0.1) is 0 Å². The Labute approximate surface area is 184 Å². The van der Waals surface area contributed by atoms with Crippen molar-refractivity contribution in [2.24, 2.45) is 0 Å². The first-order valence-electron chi connectivity index (χ1n) is 10.2. The summed E-state index contributed by atoms with van der Waals surface area (Å²) in [7, 11) is 3.34. The van der Waals surface area contributed by atoms with E-state index < -0.39 is 11.7 Å². The number of nitrogens with one attached hydrogen (secondary N) is 1. The number of carbonyl (C=O) groups is 2. The smallest absolute Gasteiger partial charge is 0.295 e. The van der Waals surface area contributed by atoms with Crippen molar-refractivity contribution in [1.29, 1.82) is 0 Å². The van der Waals surface area contributed by atoms with Gasteiger partial charge in [0.1, 0.15) is 12.1 Å². The Hall–Kier alpha value is -4.08. The molecule has 0 atom stereocenters. The van der Waals surface area contributed by atoms with Gasteiger partial charge in [0, 0.05) is 30.1 Å². The summed E-state index contributed by atoms with van der Waals surface area (Å²) in [6, 6.07) is 5.65. The van der Waals surface area contributed by atoms with Gasteiger partial charge < -0.3 is 14.6 Å². The molecule has 1 N–H and O–H groups in total. The highest BCUT2D eigenvalue weighted by atomic mass is 16.5. The zero-order valence-electron chi connectivity index (χ0n) is 17.6. The molecule has 4 aromatic rings. The van der Waals surface area contributed by atoms with Gasteiger partial charge in [-0.25, -0.2) is 9.97 Å². The highest BCUT2D eigenvalue weighted by molar-refractivity contribution is 6.46. The maximum absolute atomic E-state index is 13.2. The van der Waals surface area contributed by atoms with Crippen LogP contribution in [0.3, 0.4) is 0 Å². The minimum absolute atomic E-state index is 0.238. The predicted molar refractivity (Wildman–Crippen MR) is 120 cm³/mol. The van der Waals surface area contributed by atoms with E-state index in [1.165, 1.54) is 18.3 Å². The van der Waals surface area contributed by atoms with Crippen LogP contribution in [0.1, 0.15) is 21.6 Å². The number of amides is 1. The van der Waals surface area contributed by atoms with E-state index in [-0.39, 0.29) is 12.1 Å². The molecule has 1 aliphatic rings. The minimum Gasteiger partial charge on any atom is -0.494 e. The van der Waals surface area contributed by atoms with Crippen LogP contribution < -0.4 is 10.3 Å². The molecular formula is C22H19BN6O3. The highest BCUT2D eigenvalue weighted by Gasteiger charge is 2.31. The molecule has 5 rings (SSSR count). The molecule has 0 saturated heterocycles. The monoisotopic (exact) mass is 426 g/mol. The number of nitrogens with zero attached hydrogens (tertiary/aromatic N) is 5. The van der Waals surface area contributed by atoms with Crippen molar-refractivity contribution in [2.45, 2.75) is 13.0 Å².